The number of carbonyl (C=O) groups is 10. The number of hydrazine groups is 1. The summed E-state index contributed by atoms with van der Waals surface area (Å²) in [6, 6.07) is 4.49. The van der Waals surface area contributed by atoms with Gasteiger partial charge in [-0.15, -0.1) is 0 Å². The minimum Gasteiger partial charge on any atom is -0.508 e. The number of likely N-dealkylation sites (N-methyl/N-ethyl adjacent to an activating group) is 1. The molecular weight excluding hydrogens is 1770 g/mol. The molecule has 0 unspecified atom stereocenters. The third-order valence-corrected chi connectivity index (χ3v) is 23.2. The number of aliphatic hydroxyl groups is 6. The highest BCUT2D eigenvalue weighted by molar-refractivity contribution is 6.32. The first kappa shape index (κ1) is 97.1. The van der Waals surface area contributed by atoms with Crippen molar-refractivity contribution in [3.63, 3.8) is 0 Å². The van der Waals surface area contributed by atoms with Gasteiger partial charge < -0.3 is 133 Å². The Labute approximate surface area is 754 Å². The summed E-state index contributed by atoms with van der Waals surface area (Å²) in [4.78, 5) is 164. The standard InChI is InChI=1S/C85H96Cl3FN14O27/c1-35(2)23-50(91-5)77(117)99-67-69(111)39-9-14-53(46(87)27-39)126-55-29-41-30-56(73(55)130-83-74(72(114)71(113)57(34-104)128-83)129-62-33-85(4,75(115)36(3)125-62)92-19-21-103-20-17-59(95-84(103)123)94-61(110)25-37-7-11-45(86)48(89)24-37)127-54-15-10-40(28-47(54)88)70(112)68-81(121)98-66(82(122)102-101-60(109)18-22-124-6)44-31-42(105)32-52(107)63(44)43-26-38(8-13-51(43)106)64(78(118)100-68)97-79(119)65(41)96-76(116)49(93-80(67)120)12-16-58(90)108/h7-11,13-15,17,20,24,26-32,35-36,49-50,57,62,64-72,74-75,83,91-92,104-107,111-115H,12,16,18-19,21-23,25,33-34H2,1-6H3,(H2,90,108)(H,93,120)(H,96,116)(H,97,119)(H,98,121)(H,99,117)(H,100,118)(H,101,109)(H,102,122)(H,94,95,110,123)/t36-,49-,50+,57+,62-,64+,65+,66+,67+,68-,69+,70+,71+,72-,74+,75+,83-,85-/m0/s1. The van der Waals surface area contributed by atoms with Crippen LogP contribution in [0.15, 0.2) is 114 Å². The lowest BCUT2D eigenvalue weighted by atomic mass is 9.85. The molecule has 41 nitrogen and oxygen atoms in total. The van der Waals surface area contributed by atoms with E-state index < -0.39 is 272 Å². The molecule has 2 saturated heterocycles. The lowest BCUT2D eigenvalue weighted by Gasteiger charge is -2.48. The number of hydrogen-bond donors (Lipinski definition) is 21. The number of fused-ring (bicyclic) bond motifs is 15. The average Bonchev–Trinajstić information content (AvgIpc) is 0.764. The third-order valence-electron chi connectivity index (χ3n) is 22.3. The van der Waals surface area contributed by atoms with Crippen molar-refractivity contribution in [2.75, 3.05) is 39.2 Å². The molecule has 45 heteroatoms. The van der Waals surface area contributed by atoms with E-state index in [1.54, 1.807) is 6.92 Å². The van der Waals surface area contributed by atoms with E-state index in [0.29, 0.717) is 5.56 Å². The second-order valence-electron chi connectivity index (χ2n) is 32.1. The summed E-state index contributed by atoms with van der Waals surface area (Å²) in [5.41, 5.74) is 5.13. The molecule has 7 aromatic rings. The van der Waals surface area contributed by atoms with E-state index in [1.807, 2.05) is 13.8 Å². The number of ether oxygens (including phenoxy) is 7. The number of amides is 10. The van der Waals surface area contributed by atoms with Crippen LogP contribution in [0, 0.1) is 11.7 Å². The highest BCUT2D eigenvalue weighted by Crippen LogP contribution is 2.50. The van der Waals surface area contributed by atoms with E-state index in [4.69, 9.17) is 73.7 Å². The molecular formula is C85H96Cl3FN14O27. The number of methoxy groups -OCH3 is 1. The zero-order valence-electron chi connectivity index (χ0n) is 70.2. The Morgan fingerprint density at radius 2 is 1.37 bits per heavy atom. The number of hydrogen-bond acceptors (Lipinski definition) is 30. The molecule has 2 fully saturated rings. The molecule has 7 aliphatic rings. The Hall–Kier alpha value is -12.0. The summed E-state index contributed by atoms with van der Waals surface area (Å²) in [7, 11) is 2.77. The number of aliphatic hydroxyl groups excluding tert-OH is 6. The summed E-state index contributed by atoms with van der Waals surface area (Å²) in [6.07, 6.45) is -19.3. The van der Waals surface area contributed by atoms with Crippen LogP contribution in [0.25, 0.3) is 11.1 Å². The van der Waals surface area contributed by atoms with Crippen molar-refractivity contribution in [3.05, 3.63) is 174 Å². The zero-order valence-corrected chi connectivity index (χ0v) is 72.5. The molecule has 8 heterocycles. The maximum Gasteiger partial charge on any atom is 0.349 e. The van der Waals surface area contributed by atoms with E-state index in [9.17, 15) is 79.1 Å². The van der Waals surface area contributed by atoms with E-state index in [-0.39, 0.29) is 84.6 Å². The summed E-state index contributed by atoms with van der Waals surface area (Å²) >= 11 is 20.2. The second kappa shape index (κ2) is 41.8. The number of phenols is 3. The van der Waals surface area contributed by atoms with Crippen molar-refractivity contribution < 1.29 is 131 Å². The van der Waals surface area contributed by atoms with Gasteiger partial charge in [0.25, 0.3) is 5.91 Å². The van der Waals surface area contributed by atoms with Gasteiger partial charge in [-0.05, 0) is 146 Å². The molecule has 22 N–H and O–H groups in total. The number of aromatic hydroxyl groups is 3. The first-order valence-corrected chi connectivity index (χ1v) is 41.9. The lowest BCUT2D eigenvalue weighted by molar-refractivity contribution is -0.334. The molecule has 0 saturated carbocycles. The summed E-state index contributed by atoms with van der Waals surface area (Å²) in [6.45, 7) is 5.34. The van der Waals surface area contributed by atoms with Gasteiger partial charge in [-0.3, -0.25) is 63.4 Å². The quantitative estimate of drug-likeness (QED) is 0.0381. The first-order chi connectivity index (χ1) is 61.7. The van der Waals surface area contributed by atoms with Crippen LogP contribution in [-0.2, 0) is 79.9 Å². The van der Waals surface area contributed by atoms with Crippen molar-refractivity contribution in [1.29, 1.82) is 0 Å². The van der Waals surface area contributed by atoms with Crippen LogP contribution in [-0.4, -0.2) is 227 Å². The number of halogens is 4. The molecule has 10 amide bonds. The van der Waals surface area contributed by atoms with Gasteiger partial charge in [-0.25, -0.2) is 9.18 Å². The predicted molar refractivity (Wildman–Crippen MR) is 455 cm³/mol. The Balaban J connectivity index is 1.00. The van der Waals surface area contributed by atoms with Crippen LogP contribution in [0.5, 0.6) is 46.0 Å². The predicted octanol–water partition coefficient (Wildman–Crippen LogP) is 1.46. The van der Waals surface area contributed by atoms with Gasteiger partial charge in [0.1, 0.15) is 107 Å². The average molecular weight is 1870 g/mol. The van der Waals surface area contributed by atoms with Crippen LogP contribution >= 0.6 is 34.8 Å². The minimum absolute atomic E-state index is 0.0697. The van der Waals surface area contributed by atoms with Crippen molar-refractivity contribution in [1.82, 2.24) is 62.9 Å². The molecule has 0 radical (unpaired) electrons. The monoisotopic (exact) mass is 1870 g/mol. The highest BCUT2D eigenvalue weighted by Gasteiger charge is 2.52. The molecule has 130 heavy (non-hydrogen) atoms. The normalized spacial score (nSPS) is 25.3. The number of rotatable bonds is 24. The van der Waals surface area contributed by atoms with Crippen molar-refractivity contribution in [2.24, 2.45) is 11.7 Å². The van der Waals surface area contributed by atoms with Gasteiger partial charge in [0.15, 0.2) is 23.9 Å². The third kappa shape index (κ3) is 22.5. The Bertz CT molecular complexity index is 5550. The largest absolute Gasteiger partial charge is 0.508 e. The smallest absolute Gasteiger partial charge is 0.349 e. The van der Waals surface area contributed by atoms with Crippen molar-refractivity contribution >= 4 is 99.7 Å². The number of carbonyl (C=O) groups excluding carboxylic acids is 10. The molecule has 14 rings (SSSR count). The number of phenolic OH excluding ortho intramolecular Hbond substituents is 3. The number of aromatic nitrogens is 2. The molecule has 1 aromatic heterocycles. The Morgan fingerprint density at radius 3 is 2.01 bits per heavy atom. The Kier molecular flexibility index (Phi) is 31.3. The van der Waals surface area contributed by atoms with Crippen LogP contribution in [0.3, 0.4) is 0 Å². The second-order valence-corrected chi connectivity index (χ2v) is 33.3. The van der Waals surface area contributed by atoms with Crippen molar-refractivity contribution in [2.45, 2.75) is 182 Å². The SMILES string of the molecule is CN[C@H](CC(C)C)C(=O)N[C@H]1C(=O)N[C@@H](CCC(N)=O)C(=O)N[C@H]2C(=O)N[C@H]3C(=O)N[C@H](C(=O)N[C@@H](C(=O)NNC(=O)CCOC)c4cc(O)cc(O)c4-c4cc3ccc4O)[C@H](O)c3ccc(c(Cl)c3)Oc3cc2cc(c3O[C@@H]2O[C@H](CO)[C@@H](O)[C@H](O)[C@H]2O[C@H]2C[C@](C)(NCCn3ccc(NC(=O)Cc4ccc(Cl)c(F)c4)nc3=O)[C@H](O)[C@H](C)O2)Oc2ccc(cc2Cl)[C@H]1O. The summed E-state index contributed by atoms with van der Waals surface area (Å²) in [5, 5.41) is 130. The molecule has 696 valence electrons. The van der Waals surface area contributed by atoms with Gasteiger partial charge in [-0.1, -0.05) is 72.9 Å². The van der Waals surface area contributed by atoms with Crippen LogP contribution in [0.1, 0.15) is 124 Å². The number of nitrogens with zero attached hydrogens (tertiary/aromatic N) is 2. The fourth-order valence-electron chi connectivity index (χ4n) is 15.4. The van der Waals surface area contributed by atoms with E-state index in [0.717, 1.165) is 72.8 Å². The topological polar surface area (TPSA) is 611 Å². The Morgan fingerprint density at radius 1 is 0.708 bits per heavy atom. The van der Waals surface area contributed by atoms with E-state index in [2.05, 4.69) is 63.7 Å². The number of nitrogens with one attached hydrogen (secondary N) is 11. The number of primary amides is 1. The van der Waals surface area contributed by atoms with Gasteiger partial charge in [0, 0.05) is 62.0 Å². The number of nitrogens with two attached hydrogens (primary N) is 1. The number of anilines is 1. The van der Waals surface area contributed by atoms with Crippen LogP contribution < -0.4 is 84.3 Å². The lowest BCUT2D eigenvalue weighted by Crippen LogP contribution is -2.65. The fourth-order valence-corrected chi connectivity index (χ4v) is 16.0. The summed E-state index contributed by atoms with van der Waals surface area (Å²) < 4.78 is 59.8. The maximum absolute atomic E-state index is 16.4. The minimum atomic E-state index is -2.39. The van der Waals surface area contributed by atoms with Crippen molar-refractivity contribution in [3.8, 4) is 57.1 Å². The van der Waals surface area contributed by atoms with Crippen LogP contribution in [0.4, 0.5) is 10.2 Å². The molecule has 7 aliphatic heterocycles. The van der Waals surface area contributed by atoms with E-state index in [1.165, 1.54) is 62.2 Å². The number of benzene rings is 6. The summed E-state index contributed by atoms with van der Waals surface area (Å²) in [5.74, 6) is -17.9. The van der Waals surface area contributed by atoms with Gasteiger partial charge in [0.2, 0.25) is 65.2 Å². The first-order valence-electron chi connectivity index (χ1n) is 40.8. The van der Waals surface area contributed by atoms with Gasteiger partial charge >= 0.3 is 5.69 Å². The maximum atomic E-state index is 16.4. The molecule has 11 bridgehead atoms. The highest BCUT2D eigenvalue weighted by atomic mass is 35.5. The van der Waals surface area contributed by atoms with Gasteiger partial charge in [0.05, 0.1) is 59.4 Å². The molecule has 18 atom stereocenters. The van der Waals surface area contributed by atoms with Gasteiger partial charge in [-0.2, -0.15) is 4.98 Å². The fraction of sp³-hybridized carbons (Fsp3) is 0.412. The zero-order chi connectivity index (χ0) is 94.2. The molecule has 0 aliphatic carbocycles. The molecule has 6 aromatic carbocycles. The van der Waals surface area contributed by atoms with Crippen LogP contribution in [0.2, 0.25) is 15.1 Å². The van der Waals surface area contributed by atoms with E-state index >= 15 is 24.0 Å². The molecule has 0 spiro atoms.